The minimum Gasteiger partial charge on any atom is -0.495 e. The molecular formula is C21H17NO5. The van der Waals surface area contributed by atoms with Crippen molar-refractivity contribution < 1.29 is 23.5 Å². The molecule has 0 atom stereocenters. The quantitative estimate of drug-likeness (QED) is 0.547. The lowest BCUT2D eigenvalue weighted by Crippen LogP contribution is -2.11. The SMILES string of the molecule is COc1ccc(-c2ccc(CO)o2)cc1NC(=O)c1cc2ccccc2o1. The van der Waals surface area contributed by atoms with Gasteiger partial charge in [-0.1, -0.05) is 18.2 Å². The van der Waals surface area contributed by atoms with Crippen molar-refractivity contribution in [1.82, 2.24) is 0 Å². The van der Waals surface area contributed by atoms with Crippen LogP contribution in [0.4, 0.5) is 5.69 Å². The molecule has 0 bridgehead atoms. The van der Waals surface area contributed by atoms with Crippen molar-refractivity contribution in [1.29, 1.82) is 0 Å². The van der Waals surface area contributed by atoms with Crippen LogP contribution in [0.1, 0.15) is 16.3 Å². The number of methoxy groups -OCH3 is 1. The third kappa shape index (κ3) is 3.30. The van der Waals surface area contributed by atoms with Crippen LogP contribution in [0, 0.1) is 0 Å². The summed E-state index contributed by atoms with van der Waals surface area (Å²) < 4.78 is 16.5. The van der Waals surface area contributed by atoms with Crippen molar-refractivity contribution in [2.45, 2.75) is 6.61 Å². The Kier molecular flexibility index (Phi) is 4.40. The van der Waals surface area contributed by atoms with Gasteiger partial charge in [-0.2, -0.15) is 0 Å². The lowest BCUT2D eigenvalue weighted by molar-refractivity contribution is 0.0998. The average molecular weight is 363 g/mol. The number of hydrogen-bond donors (Lipinski definition) is 2. The van der Waals surface area contributed by atoms with Gasteiger partial charge in [0.1, 0.15) is 29.5 Å². The number of furan rings is 2. The van der Waals surface area contributed by atoms with Gasteiger partial charge in [0.25, 0.3) is 5.91 Å². The first-order chi connectivity index (χ1) is 13.2. The van der Waals surface area contributed by atoms with Crippen LogP contribution in [0.3, 0.4) is 0 Å². The van der Waals surface area contributed by atoms with Gasteiger partial charge in [0, 0.05) is 10.9 Å². The highest BCUT2D eigenvalue weighted by Gasteiger charge is 2.16. The summed E-state index contributed by atoms with van der Waals surface area (Å²) in [6.07, 6.45) is 0. The largest absolute Gasteiger partial charge is 0.495 e. The highest BCUT2D eigenvalue weighted by atomic mass is 16.5. The summed E-state index contributed by atoms with van der Waals surface area (Å²) in [6, 6.07) is 17.9. The summed E-state index contributed by atoms with van der Waals surface area (Å²) in [5, 5.41) is 12.8. The van der Waals surface area contributed by atoms with E-state index in [4.69, 9.17) is 18.7 Å². The molecule has 136 valence electrons. The smallest absolute Gasteiger partial charge is 0.291 e. The highest BCUT2D eigenvalue weighted by molar-refractivity contribution is 6.05. The van der Waals surface area contributed by atoms with E-state index in [0.29, 0.717) is 28.5 Å². The molecule has 0 unspecified atom stereocenters. The number of fused-ring (bicyclic) bond motifs is 1. The molecule has 2 N–H and O–H groups in total. The van der Waals surface area contributed by atoms with Crippen molar-refractivity contribution in [3.63, 3.8) is 0 Å². The number of carbonyl (C=O) groups excluding carboxylic acids is 1. The van der Waals surface area contributed by atoms with Gasteiger partial charge in [0.15, 0.2) is 5.76 Å². The Morgan fingerprint density at radius 1 is 1.07 bits per heavy atom. The van der Waals surface area contributed by atoms with E-state index < -0.39 is 0 Å². The van der Waals surface area contributed by atoms with Crippen LogP contribution in [0.5, 0.6) is 5.75 Å². The molecule has 0 aliphatic heterocycles. The van der Waals surface area contributed by atoms with Crippen LogP contribution < -0.4 is 10.1 Å². The zero-order chi connectivity index (χ0) is 18.8. The number of anilines is 1. The minimum atomic E-state index is -0.378. The second-order valence-corrected chi connectivity index (χ2v) is 5.94. The highest BCUT2D eigenvalue weighted by Crippen LogP contribution is 2.32. The molecule has 6 heteroatoms. The predicted octanol–water partition coefficient (Wildman–Crippen LogP) is 4.45. The molecule has 0 aliphatic rings. The van der Waals surface area contributed by atoms with Gasteiger partial charge in [-0.05, 0) is 42.5 Å². The summed E-state index contributed by atoms with van der Waals surface area (Å²) in [5.74, 6) is 1.40. The Morgan fingerprint density at radius 2 is 1.93 bits per heavy atom. The molecule has 2 heterocycles. The van der Waals surface area contributed by atoms with E-state index in [1.54, 1.807) is 30.3 Å². The molecule has 0 saturated carbocycles. The second-order valence-electron chi connectivity index (χ2n) is 5.94. The monoisotopic (exact) mass is 363 g/mol. The lowest BCUT2D eigenvalue weighted by atomic mass is 10.1. The van der Waals surface area contributed by atoms with Gasteiger partial charge in [-0.3, -0.25) is 4.79 Å². The van der Waals surface area contributed by atoms with Crippen molar-refractivity contribution >= 4 is 22.6 Å². The van der Waals surface area contributed by atoms with Gasteiger partial charge in [-0.15, -0.1) is 0 Å². The van der Waals surface area contributed by atoms with Crippen molar-refractivity contribution in [3.05, 3.63) is 72.2 Å². The first-order valence-corrected chi connectivity index (χ1v) is 8.36. The van der Waals surface area contributed by atoms with E-state index in [-0.39, 0.29) is 18.3 Å². The van der Waals surface area contributed by atoms with Crippen LogP contribution in [0.2, 0.25) is 0 Å². The standard InChI is InChI=1S/C21H17NO5/c1-25-19-8-6-14(18-9-7-15(12-23)26-18)10-16(19)22-21(24)20-11-13-4-2-3-5-17(13)27-20/h2-11,23H,12H2,1H3,(H,22,24). The molecule has 0 saturated heterocycles. The number of ether oxygens (including phenoxy) is 1. The van der Waals surface area contributed by atoms with Gasteiger partial charge >= 0.3 is 0 Å². The number of aliphatic hydroxyl groups is 1. The van der Waals surface area contributed by atoms with E-state index in [1.807, 2.05) is 30.3 Å². The average Bonchev–Trinajstić information content (AvgIpc) is 3.34. The zero-order valence-corrected chi connectivity index (χ0v) is 14.6. The number of hydrogen-bond acceptors (Lipinski definition) is 5. The Labute approximate surface area is 155 Å². The molecule has 0 radical (unpaired) electrons. The number of para-hydroxylation sites is 1. The Morgan fingerprint density at radius 3 is 2.67 bits per heavy atom. The zero-order valence-electron chi connectivity index (χ0n) is 14.6. The van der Waals surface area contributed by atoms with Gasteiger partial charge < -0.3 is 24.0 Å². The number of amides is 1. The lowest BCUT2D eigenvalue weighted by Gasteiger charge is -2.10. The Hall–Kier alpha value is -3.51. The fourth-order valence-electron chi connectivity index (χ4n) is 2.85. The molecule has 1 amide bonds. The summed E-state index contributed by atoms with van der Waals surface area (Å²) in [6.45, 7) is -0.175. The topological polar surface area (TPSA) is 84.8 Å². The van der Waals surface area contributed by atoms with E-state index in [2.05, 4.69) is 5.32 Å². The third-order valence-electron chi connectivity index (χ3n) is 4.20. The molecule has 0 fully saturated rings. The summed E-state index contributed by atoms with van der Waals surface area (Å²) >= 11 is 0. The maximum Gasteiger partial charge on any atom is 0.291 e. The van der Waals surface area contributed by atoms with Crippen LogP contribution in [0.15, 0.2) is 69.5 Å². The van der Waals surface area contributed by atoms with Crippen LogP contribution in [-0.2, 0) is 6.61 Å². The molecule has 27 heavy (non-hydrogen) atoms. The fourth-order valence-corrected chi connectivity index (χ4v) is 2.85. The second kappa shape index (κ2) is 7.01. The van der Waals surface area contributed by atoms with Crippen LogP contribution >= 0.6 is 0 Å². The van der Waals surface area contributed by atoms with Crippen LogP contribution in [0.25, 0.3) is 22.3 Å². The van der Waals surface area contributed by atoms with Gasteiger partial charge in [-0.25, -0.2) is 0 Å². The normalized spacial score (nSPS) is 10.9. The summed E-state index contributed by atoms with van der Waals surface area (Å²) in [7, 11) is 1.53. The third-order valence-corrected chi connectivity index (χ3v) is 4.20. The first-order valence-electron chi connectivity index (χ1n) is 8.36. The predicted molar refractivity (Wildman–Crippen MR) is 101 cm³/mol. The molecule has 6 nitrogen and oxygen atoms in total. The molecule has 4 rings (SSSR count). The number of carbonyl (C=O) groups is 1. The van der Waals surface area contributed by atoms with E-state index >= 15 is 0 Å². The van der Waals surface area contributed by atoms with Crippen molar-refractivity contribution in [2.24, 2.45) is 0 Å². The van der Waals surface area contributed by atoms with Crippen LogP contribution in [-0.4, -0.2) is 18.1 Å². The molecule has 0 spiro atoms. The summed E-state index contributed by atoms with van der Waals surface area (Å²) in [4.78, 5) is 12.6. The van der Waals surface area contributed by atoms with E-state index in [1.165, 1.54) is 7.11 Å². The minimum absolute atomic E-state index is 0.175. The maximum absolute atomic E-state index is 12.6. The first kappa shape index (κ1) is 16.9. The molecular weight excluding hydrogens is 346 g/mol. The molecule has 2 aromatic carbocycles. The Balaban J connectivity index is 1.65. The van der Waals surface area contributed by atoms with Crippen molar-refractivity contribution in [3.8, 4) is 17.1 Å². The maximum atomic E-state index is 12.6. The van der Waals surface area contributed by atoms with Crippen molar-refractivity contribution in [2.75, 3.05) is 12.4 Å². The van der Waals surface area contributed by atoms with Gasteiger partial charge in [0.2, 0.25) is 0 Å². The number of nitrogens with one attached hydrogen (secondary N) is 1. The van der Waals surface area contributed by atoms with E-state index in [9.17, 15) is 4.79 Å². The Bertz CT molecular complexity index is 1080. The molecule has 4 aromatic rings. The summed E-state index contributed by atoms with van der Waals surface area (Å²) in [5.41, 5.74) is 1.88. The van der Waals surface area contributed by atoms with Gasteiger partial charge in [0.05, 0.1) is 12.8 Å². The number of benzene rings is 2. The number of rotatable bonds is 5. The number of aliphatic hydroxyl groups excluding tert-OH is 1. The van der Waals surface area contributed by atoms with E-state index in [0.717, 1.165) is 10.9 Å². The molecule has 0 aliphatic carbocycles. The molecule has 2 aromatic heterocycles. The fraction of sp³-hybridized carbons (Fsp3) is 0.0952.